The number of rotatable bonds is 2. The Balaban J connectivity index is 0.000001000. The molecule has 0 saturated heterocycles. The molecule has 1 aliphatic heterocycles. The summed E-state index contributed by atoms with van der Waals surface area (Å²) in [6.45, 7) is 1.32. The van der Waals surface area contributed by atoms with Crippen molar-refractivity contribution in [1.29, 1.82) is 0 Å². The molecule has 0 spiro atoms. The molecule has 0 radical (unpaired) electrons. The average molecular weight is 241 g/mol. The first kappa shape index (κ1) is 10.8. The zero-order valence-corrected chi connectivity index (χ0v) is 8.28. The van der Waals surface area contributed by atoms with E-state index in [4.69, 9.17) is 5.11 Å². The van der Waals surface area contributed by atoms with E-state index in [1.165, 1.54) is 6.34 Å². The van der Waals surface area contributed by atoms with Gasteiger partial charge < -0.3 is 10.0 Å². The second-order valence-corrected chi connectivity index (χ2v) is 2.46. The fourth-order valence-corrected chi connectivity index (χ4v) is 0.896. The molecule has 1 N–H and O–H groups in total. The molecule has 1 rings (SSSR count). The smallest absolute Gasteiger partial charge is 0.336 e. The van der Waals surface area contributed by atoms with E-state index in [1.807, 2.05) is 0 Å². The van der Waals surface area contributed by atoms with Crippen molar-refractivity contribution < 1.29 is 9.90 Å². The van der Waals surface area contributed by atoms with Crippen LogP contribution in [0.5, 0.6) is 0 Å². The van der Waals surface area contributed by atoms with Crippen molar-refractivity contribution >= 4 is 41.9 Å². The fraction of sp³-hybridized carbons (Fsp3) is 0.600. The Hall–Kier alpha value is -0.230. The highest BCUT2D eigenvalue weighted by Crippen LogP contribution is 2.04. The van der Waals surface area contributed by atoms with E-state index in [2.05, 4.69) is 17.6 Å². The average Bonchev–Trinajstić information content (AvgIpc) is 2.36. The van der Waals surface area contributed by atoms with Crippen molar-refractivity contribution in [3.63, 3.8) is 0 Å². The lowest BCUT2D eigenvalue weighted by atomic mass is 10.5. The number of aliphatic carboxylic acids is 1. The summed E-state index contributed by atoms with van der Waals surface area (Å²) >= 11 is 3.86. The van der Waals surface area contributed by atoms with Gasteiger partial charge in [0.25, 0.3) is 0 Å². The van der Waals surface area contributed by atoms with E-state index in [9.17, 15) is 4.79 Å². The summed E-state index contributed by atoms with van der Waals surface area (Å²) in [5.41, 5.74) is 0. The lowest BCUT2D eigenvalue weighted by Crippen LogP contribution is -2.34. The molecule has 0 aromatic heterocycles. The minimum Gasteiger partial charge on any atom is -0.479 e. The molecule has 1 unspecified atom stereocenters. The number of carboxylic acid groups (broad SMARTS) is 1. The van der Waals surface area contributed by atoms with Crippen molar-refractivity contribution in [2.24, 2.45) is 4.99 Å². The first-order valence-corrected chi connectivity index (χ1v) is 3.40. The standard InChI is InChI=1S/C5H8N2O2S.BrH/c8-5(9)4(10)7-2-1-6-3-7;/h3-4,10H,1-2H2,(H,8,9);1H. The van der Waals surface area contributed by atoms with Crippen molar-refractivity contribution in [3.8, 4) is 0 Å². The molecular formula is C5H9BrN2O2S. The van der Waals surface area contributed by atoms with E-state index in [1.54, 1.807) is 4.90 Å². The van der Waals surface area contributed by atoms with Gasteiger partial charge in [-0.25, -0.2) is 4.79 Å². The lowest BCUT2D eigenvalue weighted by molar-refractivity contribution is -0.138. The first-order chi connectivity index (χ1) is 4.72. The SMILES string of the molecule is Br.O=C(O)C(S)N1C=NCC1. The van der Waals surface area contributed by atoms with Gasteiger partial charge in [-0.3, -0.25) is 4.99 Å². The Labute approximate surface area is 80.5 Å². The molecule has 0 aromatic rings. The summed E-state index contributed by atoms with van der Waals surface area (Å²) in [6.07, 6.45) is 1.52. The van der Waals surface area contributed by atoms with Crippen LogP contribution in [0.4, 0.5) is 0 Å². The van der Waals surface area contributed by atoms with Gasteiger partial charge in [-0.15, -0.1) is 29.6 Å². The van der Waals surface area contributed by atoms with Gasteiger partial charge in [0.15, 0.2) is 5.37 Å². The summed E-state index contributed by atoms with van der Waals surface area (Å²) in [6, 6.07) is 0. The third-order valence-electron chi connectivity index (χ3n) is 1.25. The molecule has 6 heteroatoms. The molecule has 1 atom stereocenters. The third-order valence-corrected chi connectivity index (χ3v) is 1.77. The predicted molar refractivity (Wildman–Crippen MR) is 50.8 cm³/mol. The van der Waals surface area contributed by atoms with Gasteiger partial charge in [-0.1, -0.05) is 0 Å². The summed E-state index contributed by atoms with van der Waals surface area (Å²) in [4.78, 5) is 15.7. The maximum atomic E-state index is 10.3. The highest BCUT2D eigenvalue weighted by molar-refractivity contribution is 8.93. The molecule has 0 aliphatic carbocycles. The third kappa shape index (κ3) is 2.70. The van der Waals surface area contributed by atoms with Gasteiger partial charge >= 0.3 is 5.97 Å². The summed E-state index contributed by atoms with van der Waals surface area (Å²) in [5.74, 6) is -0.934. The molecule has 0 amide bonds. The molecule has 4 nitrogen and oxygen atoms in total. The minimum atomic E-state index is -0.934. The number of carboxylic acids is 1. The number of aliphatic imine (C=N–C) groups is 1. The van der Waals surface area contributed by atoms with E-state index >= 15 is 0 Å². The second-order valence-electron chi connectivity index (χ2n) is 1.97. The summed E-state index contributed by atoms with van der Waals surface area (Å²) in [7, 11) is 0. The zero-order chi connectivity index (χ0) is 7.56. The molecule has 11 heavy (non-hydrogen) atoms. The van der Waals surface area contributed by atoms with Crippen LogP contribution in [-0.2, 0) is 4.79 Å². The van der Waals surface area contributed by atoms with Gasteiger partial charge in [0, 0.05) is 6.54 Å². The van der Waals surface area contributed by atoms with Crippen LogP contribution in [0, 0.1) is 0 Å². The Kier molecular flexibility index (Phi) is 4.51. The van der Waals surface area contributed by atoms with Gasteiger partial charge in [0.1, 0.15) is 0 Å². The van der Waals surface area contributed by atoms with Gasteiger partial charge in [0.2, 0.25) is 0 Å². The van der Waals surface area contributed by atoms with Crippen LogP contribution in [0.1, 0.15) is 0 Å². The van der Waals surface area contributed by atoms with Crippen molar-refractivity contribution in [1.82, 2.24) is 4.90 Å². The number of carbonyl (C=O) groups is 1. The summed E-state index contributed by atoms with van der Waals surface area (Å²) in [5, 5.41) is 7.72. The topological polar surface area (TPSA) is 52.9 Å². The number of hydrogen-bond donors (Lipinski definition) is 2. The normalized spacial score (nSPS) is 17.7. The van der Waals surface area contributed by atoms with Gasteiger partial charge in [-0.05, 0) is 0 Å². The van der Waals surface area contributed by atoms with Crippen LogP contribution in [0.25, 0.3) is 0 Å². The summed E-state index contributed by atoms with van der Waals surface area (Å²) < 4.78 is 0. The molecule has 64 valence electrons. The van der Waals surface area contributed by atoms with E-state index in [0.717, 1.165) is 0 Å². The maximum Gasteiger partial charge on any atom is 0.336 e. The molecule has 0 saturated carbocycles. The lowest BCUT2D eigenvalue weighted by Gasteiger charge is -2.16. The van der Waals surface area contributed by atoms with Crippen LogP contribution < -0.4 is 0 Å². The predicted octanol–water partition coefficient (Wildman–Crippen LogP) is 0.249. The largest absolute Gasteiger partial charge is 0.479 e. The van der Waals surface area contributed by atoms with Crippen molar-refractivity contribution in [3.05, 3.63) is 0 Å². The van der Waals surface area contributed by atoms with Crippen LogP contribution in [-0.4, -0.2) is 40.8 Å². The Morgan fingerprint density at radius 1 is 1.82 bits per heavy atom. The van der Waals surface area contributed by atoms with E-state index < -0.39 is 11.3 Å². The number of hydrogen-bond acceptors (Lipinski definition) is 4. The second kappa shape index (κ2) is 4.61. The molecule has 0 bridgehead atoms. The van der Waals surface area contributed by atoms with Crippen molar-refractivity contribution in [2.75, 3.05) is 13.1 Å². The first-order valence-electron chi connectivity index (χ1n) is 2.88. The molecular weight excluding hydrogens is 232 g/mol. The monoisotopic (exact) mass is 240 g/mol. The number of thiol groups is 1. The van der Waals surface area contributed by atoms with Crippen LogP contribution >= 0.6 is 29.6 Å². The highest BCUT2D eigenvalue weighted by Gasteiger charge is 2.20. The Bertz CT molecular complexity index is 176. The van der Waals surface area contributed by atoms with Crippen LogP contribution in [0.3, 0.4) is 0 Å². The number of nitrogens with zero attached hydrogens (tertiary/aromatic N) is 2. The zero-order valence-electron chi connectivity index (χ0n) is 5.67. The number of halogens is 1. The van der Waals surface area contributed by atoms with Crippen LogP contribution in [0.15, 0.2) is 4.99 Å². The minimum absolute atomic E-state index is 0. The van der Waals surface area contributed by atoms with E-state index in [-0.39, 0.29) is 17.0 Å². The van der Waals surface area contributed by atoms with E-state index in [0.29, 0.717) is 13.1 Å². The van der Waals surface area contributed by atoms with Gasteiger partial charge in [0.05, 0.1) is 12.9 Å². The molecule has 0 aromatic carbocycles. The van der Waals surface area contributed by atoms with Crippen molar-refractivity contribution in [2.45, 2.75) is 5.37 Å². The highest BCUT2D eigenvalue weighted by atomic mass is 79.9. The Morgan fingerprint density at radius 3 is 2.82 bits per heavy atom. The quantitative estimate of drug-likeness (QED) is 0.681. The maximum absolute atomic E-state index is 10.3. The molecule has 1 heterocycles. The van der Waals surface area contributed by atoms with Crippen LogP contribution in [0.2, 0.25) is 0 Å². The Morgan fingerprint density at radius 2 is 2.45 bits per heavy atom. The fourth-order valence-electron chi connectivity index (χ4n) is 0.721. The van der Waals surface area contributed by atoms with Gasteiger partial charge in [-0.2, -0.15) is 0 Å². The molecule has 1 aliphatic rings. The molecule has 0 fully saturated rings.